The second kappa shape index (κ2) is 4.65. The molecule has 1 aromatic rings. The molecule has 1 unspecified atom stereocenters. The number of nitrogens with one attached hydrogen (secondary N) is 1. The van der Waals surface area contributed by atoms with Crippen molar-refractivity contribution < 1.29 is 0 Å². The highest BCUT2D eigenvalue weighted by Gasteiger charge is 2.29. The molecule has 0 radical (unpaired) electrons. The molecule has 2 heterocycles. The van der Waals surface area contributed by atoms with E-state index in [-0.39, 0.29) is 0 Å². The summed E-state index contributed by atoms with van der Waals surface area (Å²) in [6, 6.07) is 0.741. The maximum absolute atomic E-state index is 4.27. The number of hydrogen-bond donors (Lipinski definition) is 1. The Kier molecular flexibility index (Phi) is 3.17. The number of thioether (sulfide) groups is 1. The first-order valence-corrected chi connectivity index (χ1v) is 7.61. The van der Waals surface area contributed by atoms with Crippen LogP contribution in [0.3, 0.4) is 0 Å². The fraction of sp³-hybridized carbons (Fsp3) is 0.769. The van der Waals surface area contributed by atoms with Crippen LogP contribution in [0.5, 0.6) is 0 Å². The molecule has 1 aliphatic carbocycles. The van der Waals surface area contributed by atoms with E-state index in [0.717, 1.165) is 19.1 Å². The number of nitrogens with zero attached hydrogens (tertiary/aromatic N) is 2. The Bertz CT molecular complexity index is 378. The minimum Gasteiger partial charge on any atom is -0.330 e. The Morgan fingerprint density at radius 3 is 3.18 bits per heavy atom. The Morgan fingerprint density at radius 1 is 1.59 bits per heavy atom. The maximum Gasteiger partial charge on any atom is 0.0951 e. The van der Waals surface area contributed by atoms with E-state index >= 15 is 0 Å². The van der Waals surface area contributed by atoms with Crippen molar-refractivity contribution in [1.82, 2.24) is 14.9 Å². The van der Waals surface area contributed by atoms with E-state index in [1.165, 1.54) is 37.1 Å². The van der Waals surface area contributed by atoms with Crippen LogP contribution in [0.1, 0.15) is 44.3 Å². The number of rotatable bonds is 5. The average Bonchev–Trinajstić information content (AvgIpc) is 2.90. The minimum absolute atomic E-state index is 0.463. The molecule has 94 valence electrons. The van der Waals surface area contributed by atoms with Crippen molar-refractivity contribution in [1.29, 1.82) is 0 Å². The zero-order chi connectivity index (χ0) is 11.7. The molecule has 0 amide bonds. The maximum atomic E-state index is 4.27. The third-order valence-electron chi connectivity index (χ3n) is 3.79. The van der Waals surface area contributed by atoms with Crippen molar-refractivity contribution in [3.8, 4) is 0 Å². The van der Waals surface area contributed by atoms with Gasteiger partial charge in [0, 0.05) is 30.1 Å². The van der Waals surface area contributed by atoms with E-state index < -0.39 is 0 Å². The lowest BCUT2D eigenvalue weighted by atomic mass is 10.1. The van der Waals surface area contributed by atoms with Crippen LogP contribution in [0.25, 0.3) is 0 Å². The van der Waals surface area contributed by atoms with Gasteiger partial charge >= 0.3 is 0 Å². The Labute approximate surface area is 107 Å². The third-order valence-corrected chi connectivity index (χ3v) is 5.33. The molecular weight excluding hydrogens is 230 g/mol. The zero-order valence-corrected chi connectivity index (χ0v) is 11.3. The molecular formula is C13H21N3S. The lowest BCUT2D eigenvalue weighted by Gasteiger charge is -2.23. The summed E-state index contributed by atoms with van der Waals surface area (Å²) in [6.07, 6.45) is 9.39. The van der Waals surface area contributed by atoms with Gasteiger partial charge in [0.15, 0.2) is 0 Å². The molecule has 0 spiro atoms. The van der Waals surface area contributed by atoms with Crippen LogP contribution in [-0.4, -0.2) is 26.6 Å². The zero-order valence-electron chi connectivity index (χ0n) is 10.5. The van der Waals surface area contributed by atoms with Gasteiger partial charge in [0.05, 0.1) is 12.0 Å². The van der Waals surface area contributed by atoms with Crippen LogP contribution in [0.2, 0.25) is 0 Å². The summed E-state index contributed by atoms with van der Waals surface area (Å²) >= 11 is 2.12. The number of aromatic nitrogens is 2. The summed E-state index contributed by atoms with van der Waals surface area (Å²) in [6.45, 7) is 4.47. The van der Waals surface area contributed by atoms with E-state index in [4.69, 9.17) is 0 Å². The standard InChI is InChI=1S/C13H21N3S/c1-13(5-2-6-17-13)9-14-7-12-8-15-10-16(12)11-3-4-11/h8,10-11,14H,2-7,9H2,1H3. The molecule has 2 fully saturated rings. The number of imidazole rings is 1. The summed E-state index contributed by atoms with van der Waals surface area (Å²) in [5.74, 6) is 1.33. The van der Waals surface area contributed by atoms with E-state index in [9.17, 15) is 0 Å². The third kappa shape index (κ3) is 2.68. The Hall–Kier alpha value is -0.480. The molecule has 1 saturated heterocycles. The quantitative estimate of drug-likeness (QED) is 0.872. The largest absolute Gasteiger partial charge is 0.330 e. The lowest BCUT2D eigenvalue weighted by Crippen LogP contribution is -2.32. The van der Waals surface area contributed by atoms with Gasteiger partial charge in [-0.05, 0) is 38.4 Å². The molecule has 1 aliphatic heterocycles. The van der Waals surface area contributed by atoms with Gasteiger partial charge in [0.2, 0.25) is 0 Å². The van der Waals surface area contributed by atoms with Crippen LogP contribution in [0.4, 0.5) is 0 Å². The van der Waals surface area contributed by atoms with Gasteiger partial charge in [0.25, 0.3) is 0 Å². The van der Waals surface area contributed by atoms with Gasteiger partial charge in [-0.15, -0.1) is 0 Å². The van der Waals surface area contributed by atoms with Gasteiger partial charge < -0.3 is 9.88 Å². The summed E-state index contributed by atoms with van der Waals surface area (Å²) < 4.78 is 2.81. The van der Waals surface area contributed by atoms with Crippen LogP contribution in [0.15, 0.2) is 12.5 Å². The fourth-order valence-electron chi connectivity index (χ4n) is 2.58. The molecule has 1 atom stereocenters. The smallest absolute Gasteiger partial charge is 0.0951 e. The van der Waals surface area contributed by atoms with E-state index in [1.807, 2.05) is 12.5 Å². The van der Waals surface area contributed by atoms with Crippen LogP contribution < -0.4 is 5.32 Å². The highest BCUT2D eigenvalue weighted by Crippen LogP contribution is 2.37. The molecule has 4 heteroatoms. The Balaban J connectivity index is 1.51. The van der Waals surface area contributed by atoms with Crippen molar-refractivity contribution in [2.24, 2.45) is 0 Å². The number of hydrogen-bond acceptors (Lipinski definition) is 3. The van der Waals surface area contributed by atoms with Gasteiger partial charge in [-0.1, -0.05) is 0 Å². The first-order valence-electron chi connectivity index (χ1n) is 6.62. The second-order valence-corrected chi connectivity index (χ2v) is 7.21. The normalized spacial score (nSPS) is 28.8. The van der Waals surface area contributed by atoms with E-state index in [0.29, 0.717) is 4.75 Å². The van der Waals surface area contributed by atoms with Crippen molar-refractivity contribution in [2.75, 3.05) is 12.3 Å². The minimum atomic E-state index is 0.463. The van der Waals surface area contributed by atoms with Gasteiger partial charge in [-0.2, -0.15) is 11.8 Å². The van der Waals surface area contributed by atoms with E-state index in [1.54, 1.807) is 0 Å². The summed E-state index contributed by atoms with van der Waals surface area (Å²) in [5, 5.41) is 3.61. The summed E-state index contributed by atoms with van der Waals surface area (Å²) in [4.78, 5) is 4.27. The molecule has 3 nitrogen and oxygen atoms in total. The van der Waals surface area contributed by atoms with Gasteiger partial charge in [0.1, 0.15) is 0 Å². The van der Waals surface area contributed by atoms with Crippen molar-refractivity contribution in [2.45, 2.75) is 49.9 Å². The highest BCUT2D eigenvalue weighted by atomic mass is 32.2. The highest BCUT2D eigenvalue weighted by molar-refractivity contribution is 8.00. The molecule has 1 N–H and O–H groups in total. The van der Waals surface area contributed by atoms with Crippen molar-refractivity contribution in [3.63, 3.8) is 0 Å². The van der Waals surface area contributed by atoms with Crippen LogP contribution in [0, 0.1) is 0 Å². The van der Waals surface area contributed by atoms with Gasteiger partial charge in [-0.25, -0.2) is 4.98 Å². The van der Waals surface area contributed by atoms with Crippen molar-refractivity contribution >= 4 is 11.8 Å². The Morgan fingerprint density at radius 2 is 2.47 bits per heavy atom. The monoisotopic (exact) mass is 251 g/mol. The van der Waals surface area contributed by atoms with Crippen LogP contribution in [-0.2, 0) is 6.54 Å². The molecule has 17 heavy (non-hydrogen) atoms. The first-order chi connectivity index (χ1) is 8.27. The average molecular weight is 251 g/mol. The first kappa shape index (κ1) is 11.6. The fourth-order valence-corrected chi connectivity index (χ4v) is 3.86. The second-order valence-electron chi connectivity index (χ2n) is 5.53. The predicted octanol–water partition coefficient (Wildman–Crippen LogP) is 2.59. The lowest BCUT2D eigenvalue weighted by molar-refractivity contribution is 0.524. The molecule has 0 bridgehead atoms. The molecule has 1 aromatic heterocycles. The van der Waals surface area contributed by atoms with E-state index in [2.05, 4.69) is 33.6 Å². The topological polar surface area (TPSA) is 29.9 Å². The van der Waals surface area contributed by atoms with Gasteiger partial charge in [-0.3, -0.25) is 0 Å². The molecule has 3 rings (SSSR count). The van der Waals surface area contributed by atoms with Crippen molar-refractivity contribution in [3.05, 3.63) is 18.2 Å². The molecule has 0 aromatic carbocycles. The van der Waals surface area contributed by atoms with Crippen LogP contribution >= 0.6 is 11.8 Å². The summed E-state index contributed by atoms with van der Waals surface area (Å²) in [5.41, 5.74) is 1.35. The summed E-state index contributed by atoms with van der Waals surface area (Å²) in [7, 11) is 0. The predicted molar refractivity (Wildman–Crippen MR) is 72.3 cm³/mol. The molecule has 1 saturated carbocycles. The SMILES string of the molecule is CC1(CNCc2cncn2C2CC2)CCCS1. The molecule has 2 aliphatic rings.